The standard InChI is InChI=1S/C41H45F3N2O5/c1-26(2)25-46(35(48)17-12-29-10-14-31(15-11-29)41(42,43)44)32-18-20-40(51-27(3)47)34-24-30-13-16-33(49-4)37-36(30)39(40,38(32)50-37)21-23-45(34)22-19-28-8-6-5-7-9-28/h5-17,26,32,34,38H,18-25H2,1-4H3/t32-,34+,38-,39-,40+/m0/s1. The minimum absolute atomic E-state index is 0.0911. The second-order valence-corrected chi connectivity index (χ2v) is 14.8. The molecule has 7 rings (SSSR count). The van der Waals surface area contributed by atoms with Crippen molar-refractivity contribution >= 4 is 18.0 Å². The fourth-order valence-electron chi connectivity index (χ4n) is 9.52. The number of halogens is 3. The summed E-state index contributed by atoms with van der Waals surface area (Å²) in [5.74, 6) is 0.817. The van der Waals surface area contributed by atoms with Gasteiger partial charge in [0.1, 0.15) is 11.7 Å². The molecule has 0 aromatic heterocycles. The van der Waals surface area contributed by atoms with E-state index in [2.05, 4.69) is 49.1 Å². The van der Waals surface area contributed by atoms with Crippen molar-refractivity contribution in [3.8, 4) is 11.5 Å². The quantitative estimate of drug-likeness (QED) is 0.164. The van der Waals surface area contributed by atoms with Gasteiger partial charge in [0.25, 0.3) is 0 Å². The van der Waals surface area contributed by atoms with Crippen LogP contribution >= 0.6 is 0 Å². The molecular formula is C41H45F3N2O5. The summed E-state index contributed by atoms with van der Waals surface area (Å²) in [5.41, 5.74) is 1.58. The van der Waals surface area contributed by atoms with Crippen LogP contribution in [0.1, 0.15) is 67.9 Å². The molecule has 1 spiro atoms. The maximum atomic E-state index is 14.2. The minimum Gasteiger partial charge on any atom is -0.493 e. The molecule has 0 N–H and O–H groups in total. The van der Waals surface area contributed by atoms with Crippen LogP contribution in [0, 0.1) is 5.92 Å². The summed E-state index contributed by atoms with van der Waals surface area (Å²) in [6.07, 6.45) is 1.37. The molecule has 4 aliphatic rings. The summed E-state index contributed by atoms with van der Waals surface area (Å²) in [4.78, 5) is 31.7. The monoisotopic (exact) mass is 702 g/mol. The summed E-state index contributed by atoms with van der Waals surface area (Å²) in [6.45, 7) is 7.62. The third kappa shape index (κ3) is 5.99. The van der Waals surface area contributed by atoms with E-state index >= 15 is 0 Å². The van der Waals surface area contributed by atoms with Crippen LogP contribution in [0.25, 0.3) is 6.08 Å². The van der Waals surface area contributed by atoms with E-state index in [9.17, 15) is 22.8 Å². The van der Waals surface area contributed by atoms with E-state index in [1.54, 1.807) is 13.2 Å². The predicted molar refractivity (Wildman–Crippen MR) is 187 cm³/mol. The van der Waals surface area contributed by atoms with Gasteiger partial charge in [-0.2, -0.15) is 13.2 Å². The number of carbonyl (C=O) groups is 2. The fraction of sp³-hybridized carbons (Fsp3) is 0.463. The smallest absolute Gasteiger partial charge is 0.416 e. The van der Waals surface area contributed by atoms with Crippen LogP contribution in [0.15, 0.2) is 72.8 Å². The van der Waals surface area contributed by atoms with E-state index < -0.39 is 28.9 Å². The van der Waals surface area contributed by atoms with Crippen molar-refractivity contribution in [2.24, 2.45) is 5.92 Å². The highest BCUT2D eigenvalue weighted by molar-refractivity contribution is 5.92. The number of benzene rings is 3. The molecule has 51 heavy (non-hydrogen) atoms. The Balaban J connectivity index is 1.28. The lowest BCUT2D eigenvalue weighted by Crippen LogP contribution is -2.79. The zero-order valence-electron chi connectivity index (χ0n) is 29.5. The van der Waals surface area contributed by atoms with Crippen molar-refractivity contribution in [2.45, 2.75) is 88.3 Å². The molecule has 3 aromatic rings. The second kappa shape index (κ2) is 13.3. The summed E-state index contributed by atoms with van der Waals surface area (Å²) < 4.78 is 59.1. The number of piperidine rings is 1. The topological polar surface area (TPSA) is 68.3 Å². The lowest BCUT2D eigenvalue weighted by molar-refractivity contribution is -0.224. The Morgan fingerprint density at radius 3 is 2.47 bits per heavy atom. The zero-order chi connectivity index (χ0) is 36.1. The van der Waals surface area contributed by atoms with E-state index in [0.29, 0.717) is 49.3 Å². The Labute approximate surface area is 297 Å². The number of nitrogens with zero attached hydrogens (tertiary/aromatic N) is 2. The summed E-state index contributed by atoms with van der Waals surface area (Å²) in [7, 11) is 1.62. The normalized spacial score (nSPS) is 26.5. The minimum atomic E-state index is -4.44. The highest BCUT2D eigenvalue weighted by atomic mass is 19.4. The van der Waals surface area contributed by atoms with E-state index in [1.807, 2.05) is 17.0 Å². The molecule has 270 valence electrons. The number of amides is 1. The first-order valence-corrected chi connectivity index (χ1v) is 17.9. The number of rotatable bonds is 10. The van der Waals surface area contributed by atoms with Gasteiger partial charge < -0.3 is 19.1 Å². The fourth-order valence-corrected chi connectivity index (χ4v) is 9.52. The second-order valence-electron chi connectivity index (χ2n) is 14.8. The molecule has 0 unspecified atom stereocenters. The first-order valence-electron chi connectivity index (χ1n) is 17.9. The molecule has 1 saturated carbocycles. The van der Waals surface area contributed by atoms with Crippen LogP contribution < -0.4 is 9.47 Å². The molecule has 7 nitrogen and oxygen atoms in total. The molecule has 1 amide bonds. The van der Waals surface area contributed by atoms with Crippen LogP contribution in [-0.4, -0.2) is 72.2 Å². The van der Waals surface area contributed by atoms with Crippen LogP contribution in [0.5, 0.6) is 11.5 Å². The molecule has 2 aliphatic heterocycles. The first kappa shape index (κ1) is 35.1. The average Bonchev–Trinajstić information content (AvgIpc) is 3.45. The average molecular weight is 703 g/mol. The highest BCUT2D eigenvalue weighted by Gasteiger charge is 2.75. The molecule has 0 radical (unpaired) electrons. The third-order valence-corrected chi connectivity index (χ3v) is 11.5. The Hall–Kier alpha value is -4.31. The number of methoxy groups -OCH3 is 1. The van der Waals surface area contributed by atoms with Gasteiger partial charge in [-0.3, -0.25) is 14.5 Å². The van der Waals surface area contributed by atoms with Gasteiger partial charge in [0.15, 0.2) is 11.5 Å². The molecule has 10 heteroatoms. The maximum Gasteiger partial charge on any atom is 0.416 e. The Morgan fingerprint density at radius 2 is 1.80 bits per heavy atom. The van der Waals surface area contributed by atoms with E-state index in [0.717, 1.165) is 42.8 Å². The Morgan fingerprint density at radius 1 is 1.06 bits per heavy atom. The van der Waals surface area contributed by atoms with E-state index in [4.69, 9.17) is 14.2 Å². The largest absolute Gasteiger partial charge is 0.493 e. The first-order chi connectivity index (χ1) is 24.4. The number of hydrogen-bond acceptors (Lipinski definition) is 6. The lowest BCUT2D eigenvalue weighted by Gasteiger charge is -2.65. The predicted octanol–water partition coefficient (Wildman–Crippen LogP) is 7.25. The van der Waals surface area contributed by atoms with E-state index in [-0.39, 0.29) is 29.9 Å². The highest BCUT2D eigenvalue weighted by Crippen LogP contribution is 2.67. The molecule has 2 bridgehead atoms. The summed E-state index contributed by atoms with van der Waals surface area (Å²) in [5, 5.41) is 0. The number of esters is 1. The summed E-state index contributed by atoms with van der Waals surface area (Å²) in [6, 6.07) is 18.8. The summed E-state index contributed by atoms with van der Waals surface area (Å²) >= 11 is 0. The van der Waals surface area contributed by atoms with Crippen molar-refractivity contribution < 1.29 is 37.0 Å². The molecular weight excluding hydrogens is 657 g/mol. The molecule has 5 atom stereocenters. The van der Waals surface area contributed by atoms with Gasteiger partial charge in [-0.1, -0.05) is 62.4 Å². The van der Waals surface area contributed by atoms with Crippen molar-refractivity contribution in [1.82, 2.24) is 9.80 Å². The Bertz CT molecular complexity index is 1810. The lowest BCUT2D eigenvalue weighted by atomic mass is 9.48. The Kier molecular flexibility index (Phi) is 9.19. The van der Waals surface area contributed by atoms with Gasteiger partial charge in [0, 0.05) is 31.7 Å². The van der Waals surface area contributed by atoms with Gasteiger partial charge in [0.05, 0.1) is 30.2 Å². The van der Waals surface area contributed by atoms with Gasteiger partial charge in [0.2, 0.25) is 5.91 Å². The van der Waals surface area contributed by atoms with Gasteiger partial charge in [-0.15, -0.1) is 0 Å². The van der Waals surface area contributed by atoms with Crippen molar-refractivity contribution in [3.63, 3.8) is 0 Å². The number of ether oxygens (including phenoxy) is 3. The van der Waals surface area contributed by atoms with E-state index in [1.165, 1.54) is 30.7 Å². The van der Waals surface area contributed by atoms with Crippen molar-refractivity contribution in [1.29, 1.82) is 0 Å². The van der Waals surface area contributed by atoms with Gasteiger partial charge in [-0.05, 0) is 85.5 Å². The van der Waals surface area contributed by atoms with Gasteiger partial charge in [-0.25, -0.2) is 0 Å². The van der Waals surface area contributed by atoms with Crippen LogP contribution in [-0.2, 0) is 38.8 Å². The number of carbonyl (C=O) groups excluding carboxylic acids is 2. The molecule has 3 aromatic carbocycles. The number of alkyl halides is 3. The molecule has 1 saturated heterocycles. The molecule has 2 fully saturated rings. The van der Waals surface area contributed by atoms with Gasteiger partial charge >= 0.3 is 12.1 Å². The molecule has 2 aliphatic carbocycles. The zero-order valence-corrected chi connectivity index (χ0v) is 29.5. The van der Waals surface area contributed by atoms with Crippen molar-refractivity contribution in [2.75, 3.05) is 26.7 Å². The van der Waals surface area contributed by atoms with Crippen LogP contribution in [0.2, 0.25) is 0 Å². The molecule has 2 heterocycles. The SMILES string of the molecule is COc1ccc2c3c1O[C@H]1[C@@H](N(CC(C)C)C(=O)C=Cc4ccc(C(F)(F)F)cc4)CC[C@@]4(OC(C)=O)[C@@H](C2)N(CCc2ccccc2)CC[C@]314. The van der Waals surface area contributed by atoms with Crippen LogP contribution in [0.3, 0.4) is 0 Å². The third-order valence-electron chi connectivity index (χ3n) is 11.5. The maximum absolute atomic E-state index is 14.2. The van der Waals surface area contributed by atoms with Crippen molar-refractivity contribution in [3.05, 3.63) is 101 Å². The number of hydrogen-bond donors (Lipinski definition) is 0. The number of likely N-dealkylation sites (tertiary alicyclic amines) is 1. The van der Waals surface area contributed by atoms with Crippen LogP contribution in [0.4, 0.5) is 13.2 Å².